The van der Waals surface area contributed by atoms with Crippen molar-refractivity contribution in [1.29, 1.82) is 0 Å². The number of rotatable bonds is 3. The lowest BCUT2D eigenvalue weighted by Gasteiger charge is -2.05. The highest BCUT2D eigenvalue weighted by Crippen LogP contribution is 2.39. The van der Waals surface area contributed by atoms with Gasteiger partial charge in [-0.2, -0.15) is 0 Å². The molecule has 0 spiro atoms. The van der Waals surface area contributed by atoms with Crippen molar-refractivity contribution in [2.24, 2.45) is 0 Å². The Kier molecular flexibility index (Phi) is 2.59. The Bertz CT molecular complexity index is 564. The first-order valence-corrected chi connectivity index (χ1v) is 5.91. The molecule has 0 aromatic carbocycles. The van der Waals surface area contributed by atoms with Crippen LogP contribution in [-0.2, 0) is 0 Å². The summed E-state index contributed by atoms with van der Waals surface area (Å²) >= 11 is 0. The Morgan fingerprint density at radius 3 is 2.72 bits per heavy atom. The molecule has 5 nitrogen and oxygen atoms in total. The Labute approximate surface area is 105 Å². The monoisotopic (exact) mass is 242 g/mol. The second kappa shape index (κ2) is 4.25. The van der Waals surface area contributed by atoms with Gasteiger partial charge in [-0.15, -0.1) is 0 Å². The molecule has 0 atom stereocenters. The summed E-state index contributed by atoms with van der Waals surface area (Å²) in [7, 11) is 1.59. The molecule has 0 amide bonds. The zero-order chi connectivity index (χ0) is 12.5. The fourth-order valence-corrected chi connectivity index (χ4v) is 1.84. The molecule has 0 unspecified atom stereocenters. The van der Waals surface area contributed by atoms with Crippen LogP contribution in [0.4, 0.5) is 5.82 Å². The van der Waals surface area contributed by atoms with Crippen molar-refractivity contribution < 1.29 is 4.74 Å². The van der Waals surface area contributed by atoms with E-state index in [2.05, 4.69) is 15.0 Å². The molecule has 18 heavy (non-hydrogen) atoms. The average molecular weight is 242 g/mol. The predicted molar refractivity (Wildman–Crippen MR) is 68.2 cm³/mol. The maximum absolute atomic E-state index is 5.82. The van der Waals surface area contributed by atoms with Crippen molar-refractivity contribution in [1.82, 2.24) is 15.0 Å². The van der Waals surface area contributed by atoms with Crippen LogP contribution in [0.3, 0.4) is 0 Å². The molecule has 3 rings (SSSR count). The number of nitrogens with two attached hydrogens (primary N) is 1. The van der Waals surface area contributed by atoms with Crippen LogP contribution in [0.15, 0.2) is 24.4 Å². The smallest absolute Gasteiger partial charge is 0.212 e. The van der Waals surface area contributed by atoms with Gasteiger partial charge in [0.1, 0.15) is 5.82 Å². The van der Waals surface area contributed by atoms with Crippen molar-refractivity contribution in [2.75, 3.05) is 12.8 Å². The van der Waals surface area contributed by atoms with Crippen LogP contribution in [0.2, 0.25) is 0 Å². The molecule has 92 valence electrons. The van der Waals surface area contributed by atoms with Crippen LogP contribution in [-0.4, -0.2) is 22.1 Å². The quantitative estimate of drug-likeness (QED) is 0.891. The lowest BCUT2D eigenvalue weighted by molar-refractivity contribution is 0.398. The Hall–Kier alpha value is -2.17. The third-order valence-electron chi connectivity index (χ3n) is 2.97. The van der Waals surface area contributed by atoms with Crippen LogP contribution in [0.1, 0.15) is 24.5 Å². The fraction of sp³-hybridized carbons (Fsp3) is 0.308. The molecular formula is C13H14N4O. The second-order valence-electron chi connectivity index (χ2n) is 4.40. The van der Waals surface area contributed by atoms with Gasteiger partial charge in [-0.05, 0) is 18.9 Å². The first-order chi connectivity index (χ1) is 8.76. The molecule has 0 radical (unpaired) electrons. The highest BCUT2D eigenvalue weighted by molar-refractivity contribution is 5.56. The molecular weight excluding hydrogens is 228 g/mol. The molecule has 0 aliphatic heterocycles. The number of ether oxygens (including phenoxy) is 1. The van der Waals surface area contributed by atoms with Gasteiger partial charge in [0.2, 0.25) is 5.88 Å². The lowest BCUT2D eigenvalue weighted by atomic mass is 10.2. The summed E-state index contributed by atoms with van der Waals surface area (Å²) in [5.41, 5.74) is 7.71. The topological polar surface area (TPSA) is 73.9 Å². The number of nitrogens with zero attached hydrogens (tertiary/aromatic N) is 3. The van der Waals surface area contributed by atoms with Crippen LogP contribution < -0.4 is 10.5 Å². The van der Waals surface area contributed by atoms with Crippen molar-refractivity contribution >= 4 is 5.82 Å². The van der Waals surface area contributed by atoms with E-state index < -0.39 is 0 Å². The number of hydrogen-bond acceptors (Lipinski definition) is 5. The van der Waals surface area contributed by atoms with Crippen LogP contribution in [0, 0.1) is 0 Å². The summed E-state index contributed by atoms with van der Waals surface area (Å²) < 4.78 is 5.02. The summed E-state index contributed by atoms with van der Waals surface area (Å²) in [5, 5.41) is 0. The summed E-state index contributed by atoms with van der Waals surface area (Å²) in [6.45, 7) is 0. The molecule has 2 N–H and O–H groups in total. The molecule has 1 aliphatic rings. The molecule has 1 aliphatic carbocycles. The van der Waals surface area contributed by atoms with E-state index in [1.165, 1.54) is 12.8 Å². The molecule has 0 saturated heterocycles. The number of aromatic nitrogens is 3. The predicted octanol–water partition coefficient (Wildman–Crippen LogP) is 2.01. The fourth-order valence-electron chi connectivity index (χ4n) is 1.84. The van der Waals surface area contributed by atoms with Crippen LogP contribution in [0.25, 0.3) is 11.4 Å². The van der Waals surface area contributed by atoms with E-state index in [0.29, 0.717) is 23.4 Å². The van der Waals surface area contributed by atoms with Gasteiger partial charge in [-0.3, -0.25) is 0 Å². The zero-order valence-corrected chi connectivity index (χ0v) is 10.1. The zero-order valence-electron chi connectivity index (χ0n) is 10.1. The van der Waals surface area contributed by atoms with Crippen LogP contribution in [0.5, 0.6) is 5.88 Å². The van der Waals surface area contributed by atoms with Crippen molar-refractivity contribution in [3.8, 4) is 17.3 Å². The first-order valence-electron chi connectivity index (χ1n) is 5.91. The number of pyridine rings is 1. The molecule has 5 heteroatoms. The van der Waals surface area contributed by atoms with Gasteiger partial charge in [0, 0.05) is 35.5 Å². The number of anilines is 1. The van der Waals surface area contributed by atoms with Crippen molar-refractivity contribution in [2.45, 2.75) is 18.8 Å². The Balaban J connectivity index is 1.98. The van der Waals surface area contributed by atoms with Gasteiger partial charge in [-0.25, -0.2) is 15.0 Å². The second-order valence-corrected chi connectivity index (χ2v) is 4.40. The Morgan fingerprint density at radius 1 is 1.28 bits per heavy atom. The first kappa shape index (κ1) is 11.0. The normalized spacial score (nSPS) is 14.5. The highest BCUT2D eigenvalue weighted by Gasteiger charge is 2.26. The van der Waals surface area contributed by atoms with E-state index in [-0.39, 0.29) is 0 Å². The van der Waals surface area contributed by atoms with E-state index in [1.807, 2.05) is 12.1 Å². The molecule has 1 fully saturated rings. The summed E-state index contributed by atoms with van der Waals surface area (Å²) in [4.78, 5) is 13.0. The minimum atomic E-state index is 0.512. The standard InChI is InChI=1S/C13H14N4O/c1-18-12-5-4-9(7-15-12)13-16-10(8-2-3-8)6-11(14)17-13/h4-8H,2-3H2,1H3,(H2,14,16,17). The average Bonchev–Trinajstić information content (AvgIpc) is 3.22. The maximum atomic E-state index is 5.82. The minimum absolute atomic E-state index is 0.512. The Morgan fingerprint density at radius 2 is 2.11 bits per heavy atom. The van der Waals surface area contributed by atoms with Gasteiger partial charge >= 0.3 is 0 Å². The van der Waals surface area contributed by atoms with E-state index in [4.69, 9.17) is 10.5 Å². The van der Waals surface area contributed by atoms with E-state index in [0.717, 1.165) is 11.3 Å². The lowest BCUT2D eigenvalue weighted by Crippen LogP contribution is -2.00. The maximum Gasteiger partial charge on any atom is 0.212 e. The van der Waals surface area contributed by atoms with Crippen LogP contribution >= 0.6 is 0 Å². The van der Waals surface area contributed by atoms with E-state index >= 15 is 0 Å². The number of hydrogen-bond donors (Lipinski definition) is 1. The van der Waals surface area contributed by atoms with Gasteiger partial charge < -0.3 is 10.5 Å². The largest absolute Gasteiger partial charge is 0.481 e. The van der Waals surface area contributed by atoms with Crippen molar-refractivity contribution in [3.05, 3.63) is 30.1 Å². The number of methoxy groups -OCH3 is 1. The summed E-state index contributed by atoms with van der Waals surface area (Å²) in [5.74, 6) is 2.27. The minimum Gasteiger partial charge on any atom is -0.481 e. The van der Waals surface area contributed by atoms with Gasteiger partial charge in [0.25, 0.3) is 0 Å². The number of nitrogen functional groups attached to an aromatic ring is 1. The molecule has 2 heterocycles. The molecule has 1 saturated carbocycles. The van der Waals surface area contributed by atoms with E-state index in [1.54, 1.807) is 19.4 Å². The molecule has 0 bridgehead atoms. The summed E-state index contributed by atoms with van der Waals surface area (Å²) in [6.07, 6.45) is 4.08. The SMILES string of the molecule is COc1ccc(-c2nc(N)cc(C3CC3)n2)cn1. The van der Waals surface area contributed by atoms with Gasteiger partial charge in [-0.1, -0.05) is 0 Å². The van der Waals surface area contributed by atoms with Crippen molar-refractivity contribution in [3.63, 3.8) is 0 Å². The van der Waals surface area contributed by atoms with Gasteiger partial charge in [0.15, 0.2) is 5.82 Å². The van der Waals surface area contributed by atoms with E-state index in [9.17, 15) is 0 Å². The molecule has 2 aromatic rings. The third kappa shape index (κ3) is 2.11. The summed E-state index contributed by atoms with van der Waals surface area (Å²) in [6, 6.07) is 5.54. The molecule has 2 aromatic heterocycles. The third-order valence-corrected chi connectivity index (χ3v) is 2.97. The highest BCUT2D eigenvalue weighted by atomic mass is 16.5. The van der Waals surface area contributed by atoms with Gasteiger partial charge in [0.05, 0.1) is 7.11 Å².